The van der Waals surface area contributed by atoms with E-state index in [1.807, 2.05) is 36.4 Å². The van der Waals surface area contributed by atoms with Crippen LogP contribution in [0.25, 0.3) is 16.8 Å². The molecule has 0 fully saturated rings. The number of rotatable bonds is 7. The summed E-state index contributed by atoms with van der Waals surface area (Å²) >= 11 is 3.43. The van der Waals surface area contributed by atoms with Crippen molar-refractivity contribution in [3.63, 3.8) is 0 Å². The van der Waals surface area contributed by atoms with Gasteiger partial charge in [0, 0.05) is 41.9 Å². The molecular weight excluding hydrogens is 468 g/mol. The first kappa shape index (κ1) is 22.0. The summed E-state index contributed by atoms with van der Waals surface area (Å²) < 4.78 is 4.12. The third kappa shape index (κ3) is 4.99. The lowest BCUT2D eigenvalue weighted by Crippen LogP contribution is -2.27. The van der Waals surface area contributed by atoms with Crippen molar-refractivity contribution in [2.24, 2.45) is 0 Å². The van der Waals surface area contributed by atoms with E-state index in [0.29, 0.717) is 24.5 Å². The SMILES string of the molecule is CC(C)c1ccc(-c2cc3c(=O)n(CCC(=O)NCc4cccc(Br)c4)ccn3n2)cc1. The summed E-state index contributed by atoms with van der Waals surface area (Å²) in [6, 6.07) is 17.8. The van der Waals surface area contributed by atoms with Crippen LogP contribution in [0.5, 0.6) is 0 Å². The largest absolute Gasteiger partial charge is 0.352 e. The Bertz CT molecular complexity index is 1310. The molecule has 4 rings (SSSR count). The van der Waals surface area contributed by atoms with Gasteiger partial charge in [-0.15, -0.1) is 0 Å². The topological polar surface area (TPSA) is 68.4 Å². The minimum absolute atomic E-state index is 0.101. The average molecular weight is 493 g/mol. The first-order valence-corrected chi connectivity index (χ1v) is 11.4. The number of nitrogens with one attached hydrogen (secondary N) is 1. The van der Waals surface area contributed by atoms with Gasteiger partial charge in [-0.3, -0.25) is 9.59 Å². The maximum absolute atomic E-state index is 12.9. The third-order valence-corrected chi connectivity index (χ3v) is 5.93. The van der Waals surface area contributed by atoms with Crippen LogP contribution in [0.3, 0.4) is 0 Å². The first-order valence-electron chi connectivity index (χ1n) is 10.6. The molecule has 1 N–H and O–H groups in total. The zero-order valence-corrected chi connectivity index (χ0v) is 19.7. The molecule has 2 heterocycles. The second kappa shape index (κ2) is 9.53. The summed E-state index contributed by atoms with van der Waals surface area (Å²) in [4.78, 5) is 25.2. The molecule has 7 heteroatoms. The molecule has 4 aromatic rings. The lowest BCUT2D eigenvalue weighted by Gasteiger charge is -2.08. The molecule has 0 radical (unpaired) electrons. The van der Waals surface area contributed by atoms with Crippen molar-refractivity contribution in [3.05, 3.63) is 92.9 Å². The molecule has 1 amide bonds. The van der Waals surface area contributed by atoms with Crippen molar-refractivity contribution in [2.75, 3.05) is 0 Å². The van der Waals surface area contributed by atoms with Gasteiger partial charge in [-0.2, -0.15) is 5.10 Å². The quantitative estimate of drug-likeness (QED) is 0.404. The van der Waals surface area contributed by atoms with Crippen LogP contribution in [0.2, 0.25) is 0 Å². The predicted octanol–water partition coefficient (Wildman–Crippen LogP) is 4.76. The molecule has 6 nitrogen and oxygen atoms in total. The number of benzene rings is 2. The summed E-state index contributed by atoms with van der Waals surface area (Å²) in [5.41, 5.74) is 4.32. The van der Waals surface area contributed by atoms with Crippen LogP contribution < -0.4 is 10.9 Å². The van der Waals surface area contributed by atoms with Crippen LogP contribution in [0, 0.1) is 0 Å². The molecule has 0 atom stereocenters. The molecule has 0 aliphatic carbocycles. The number of hydrogen-bond donors (Lipinski definition) is 1. The lowest BCUT2D eigenvalue weighted by atomic mass is 10.0. The zero-order chi connectivity index (χ0) is 22.7. The van der Waals surface area contributed by atoms with Gasteiger partial charge in [0.05, 0.1) is 5.69 Å². The highest BCUT2D eigenvalue weighted by Gasteiger charge is 2.11. The van der Waals surface area contributed by atoms with E-state index in [1.54, 1.807) is 27.5 Å². The third-order valence-electron chi connectivity index (χ3n) is 5.44. The van der Waals surface area contributed by atoms with Gasteiger partial charge >= 0.3 is 0 Å². The fourth-order valence-electron chi connectivity index (χ4n) is 3.54. The van der Waals surface area contributed by atoms with Crippen LogP contribution in [0.15, 0.2) is 76.3 Å². The standard InChI is InChI=1S/C25H25BrN4O2/c1-17(2)19-6-8-20(9-7-19)22-15-23-25(32)29(12-13-30(23)28-22)11-10-24(31)27-16-18-4-3-5-21(26)14-18/h3-9,12-15,17H,10-11,16H2,1-2H3,(H,27,31). The molecule has 2 aromatic heterocycles. The number of aromatic nitrogens is 3. The summed E-state index contributed by atoms with van der Waals surface area (Å²) in [6.07, 6.45) is 3.65. The molecular formula is C25H25BrN4O2. The molecule has 2 aromatic carbocycles. The van der Waals surface area contributed by atoms with Gasteiger partial charge in [0.15, 0.2) is 0 Å². The highest BCUT2D eigenvalue weighted by Crippen LogP contribution is 2.22. The summed E-state index contributed by atoms with van der Waals surface area (Å²) in [5, 5.41) is 7.44. The van der Waals surface area contributed by atoms with E-state index in [0.717, 1.165) is 21.3 Å². The van der Waals surface area contributed by atoms with Gasteiger partial charge in [0.2, 0.25) is 5.91 Å². The van der Waals surface area contributed by atoms with Crippen molar-refractivity contribution in [2.45, 2.75) is 39.3 Å². The fraction of sp³-hybridized carbons (Fsp3) is 0.240. The minimum atomic E-state index is -0.162. The highest BCUT2D eigenvalue weighted by atomic mass is 79.9. The predicted molar refractivity (Wildman–Crippen MR) is 130 cm³/mol. The van der Waals surface area contributed by atoms with E-state index in [2.05, 4.69) is 52.3 Å². The Kier molecular flexibility index (Phi) is 6.55. The minimum Gasteiger partial charge on any atom is -0.352 e. The number of halogens is 1. The molecule has 0 bridgehead atoms. The maximum atomic E-state index is 12.9. The number of aryl methyl sites for hydroxylation is 1. The Morgan fingerprint density at radius 1 is 1.09 bits per heavy atom. The van der Waals surface area contributed by atoms with Gasteiger partial charge in [-0.1, -0.05) is 66.2 Å². The van der Waals surface area contributed by atoms with Crippen LogP contribution in [0.4, 0.5) is 0 Å². The number of amides is 1. The van der Waals surface area contributed by atoms with Crippen LogP contribution >= 0.6 is 15.9 Å². The van der Waals surface area contributed by atoms with E-state index < -0.39 is 0 Å². The van der Waals surface area contributed by atoms with Gasteiger partial charge in [0.1, 0.15) is 5.52 Å². The van der Waals surface area contributed by atoms with Crippen molar-refractivity contribution in [1.82, 2.24) is 19.5 Å². The van der Waals surface area contributed by atoms with E-state index in [9.17, 15) is 9.59 Å². The van der Waals surface area contributed by atoms with Crippen molar-refractivity contribution in [3.8, 4) is 11.3 Å². The van der Waals surface area contributed by atoms with Gasteiger partial charge in [0.25, 0.3) is 5.56 Å². The van der Waals surface area contributed by atoms with Crippen molar-refractivity contribution in [1.29, 1.82) is 0 Å². The maximum Gasteiger partial charge on any atom is 0.276 e. The Morgan fingerprint density at radius 3 is 2.59 bits per heavy atom. The second-order valence-corrected chi connectivity index (χ2v) is 9.01. The smallest absolute Gasteiger partial charge is 0.276 e. The van der Waals surface area contributed by atoms with Crippen LogP contribution in [-0.4, -0.2) is 20.1 Å². The molecule has 0 unspecified atom stereocenters. The van der Waals surface area contributed by atoms with Crippen LogP contribution in [-0.2, 0) is 17.9 Å². The van der Waals surface area contributed by atoms with Gasteiger partial charge < -0.3 is 9.88 Å². The Morgan fingerprint density at radius 2 is 1.88 bits per heavy atom. The van der Waals surface area contributed by atoms with Crippen molar-refractivity contribution >= 4 is 27.4 Å². The number of carbonyl (C=O) groups excluding carboxylic acids is 1. The van der Waals surface area contributed by atoms with Crippen LogP contribution in [0.1, 0.15) is 37.3 Å². The number of nitrogens with zero attached hydrogens (tertiary/aromatic N) is 3. The molecule has 0 aliphatic heterocycles. The lowest BCUT2D eigenvalue weighted by molar-refractivity contribution is -0.121. The van der Waals surface area contributed by atoms with E-state index in [-0.39, 0.29) is 17.9 Å². The fourth-order valence-corrected chi connectivity index (χ4v) is 3.99. The number of fused-ring (bicyclic) bond motifs is 1. The monoisotopic (exact) mass is 492 g/mol. The summed E-state index contributed by atoms with van der Waals surface area (Å²) in [5.74, 6) is 0.361. The Labute approximate surface area is 195 Å². The normalized spacial score (nSPS) is 11.2. The van der Waals surface area contributed by atoms with Gasteiger partial charge in [-0.05, 0) is 35.2 Å². The second-order valence-electron chi connectivity index (χ2n) is 8.09. The Balaban J connectivity index is 1.44. The van der Waals surface area contributed by atoms with E-state index in [4.69, 9.17) is 0 Å². The summed E-state index contributed by atoms with van der Waals surface area (Å²) in [6.45, 7) is 5.07. The molecule has 0 saturated heterocycles. The highest BCUT2D eigenvalue weighted by molar-refractivity contribution is 9.10. The average Bonchev–Trinajstić information content (AvgIpc) is 3.23. The van der Waals surface area contributed by atoms with E-state index in [1.165, 1.54) is 5.56 Å². The molecule has 32 heavy (non-hydrogen) atoms. The van der Waals surface area contributed by atoms with E-state index >= 15 is 0 Å². The molecule has 0 spiro atoms. The zero-order valence-electron chi connectivity index (χ0n) is 18.1. The van der Waals surface area contributed by atoms with Crippen molar-refractivity contribution < 1.29 is 4.79 Å². The molecule has 0 aliphatic rings. The number of hydrogen-bond acceptors (Lipinski definition) is 3. The summed E-state index contributed by atoms with van der Waals surface area (Å²) in [7, 11) is 0. The number of carbonyl (C=O) groups is 1. The molecule has 0 saturated carbocycles. The Hall–Kier alpha value is -3.19. The molecule has 164 valence electrons. The first-order chi connectivity index (χ1) is 15.4. The van der Waals surface area contributed by atoms with Gasteiger partial charge in [-0.25, -0.2) is 4.52 Å².